The summed E-state index contributed by atoms with van der Waals surface area (Å²) in [6.07, 6.45) is -1.81. The first-order chi connectivity index (χ1) is 10.1. The molecule has 8 heteroatoms. The molecule has 0 bridgehead atoms. The minimum Gasteiger partial charge on any atom is -0.496 e. The molecule has 1 rings (SSSR count). The van der Waals surface area contributed by atoms with Gasteiger partial charge in [0.05, 0.1) is 24.5 Å². The van der Waals surface area contributed by atoms with Crippen LogP contribution in [0, 0.1) is 20.8 Å². The van der Waals surface area contributed by atoms with Gasteiger partial charge in [0, 0.05) is 6.54 Å². The molecule has 0 aliphatic carbocycles. The van der Waals surface area contributed by atoms with E-state index in [4.69, 9.17) is 9.84 Å². The molecule has 0 fully saturated rings. The van der Waals surface area contributed by atoms with E-state index in [9.17, 15) is 18.3 Å². The van der Waals surface area contributed by atoms with Crippen LogP contribution in [0.4, 0.5) is 0 Å². The van der Waals surface area contributed by atoms with Crippen LogP contribution in [0.5, 0.6) is 5.75 Å². The van der Waals surface area contributed by atoms with Crippen molar-refractivity contribution in [2.75, 3.05) is 13.7 Å². The lowest BCUT2D eigenvalue weighted by Gasteiger charge is -2.17. The number of aliphatic hydroxyl groups is 1. The van der Waals surface area contributed by atoms with Gasteiger partial charge in [-0.05, 0) is 43.5 Å². The summed E-state index contributed by atoms with van der Waals surface area (Å²) in [4.78, 5) is 10.6. The van der Waals surface area contributed by atoms with Gasteiger partial charge in [-0.15, -0.1) is 0 Å². The third-order valence-electron chi connectivity index (χ3n) is 3.39. The SMILES string of the molecule is COc1cc(C)c(S(=O)(=O)NCC(O)CC(=O)O)c(C)c1C. The highest BCUT2D eigenvalue weighted by Crippen LogP contribution is 2.30. The summed E-state index contributed by atoms with van der Waals surface area (Å²) in [7, 11) is -2.35. The molecule has 0 heterocycles. The minimum absolute atomic E-state index is 0.119. The van der Waals surface area contributed by atoms with Gasteiger partial charge < -0.3 is 14.9 Å². The van der Waals surface area contributed by atoms with Crippen molar-refractivity contribution >= 4 is 16.0 Å². The summed E-state index contributed by atoms with van der Waals surface area (Å²) >= 11 is 0. The zero-order chi connectivity index (χ0) is 17.1. The van der Waals surface area contributed by atoms with Gasteiger partial charge in [-0.25, -0.2) is 13.1 Å². The van der Waals surface area contributed by atoms with E-state index in [-0.39, 0.29) is 11.4 Å². The molecule has 1 aromatic rings. The van der Waals surface area contributed by atoms with E-state index in [0.717, 1.165) is 0 Å². The molecule has 0 amide bonds. The molecule has 1 unspecified atom stereocenters. The zero-order valence-electron chi connectivity index (χ0n) is 13.0. The zero-order valence-corrected chi connectivity index (χ0v) is 13.8. The van der Waals surface area contributed by atoms with Crippen molar-refractivity contribution in [1.82, 2.24) is 4.72 Å². The van der Waals surface area contributed by atoms with Gasteiger partial charge in [-0.3, -0.25) is 4.79 Å². The number of methoxy groups -OCH3 is 1. The molecule has 0 spiro atoms. The number of carboxylic acids is 1. The third kappa shape index (κ3) is 4.19. The molecule has 3 N–H and O–H groups in total. The molecule has 0 aromatic heterocycles. The molecule has 22 heavy (non-hydrogen) atoms. The maximum absolute atomic E-state index is 12.4. The number of carbonyl (C=O) groups is 1. The Kier molecular flexibility index (Phi) is 5.92. The molecule has 0 aliphatic heterocycles. The Morgan fingerprint density at radius 3 is 2.41 bits per heavy atom. The first-order valence-corrected chi connectivity index (χ1v) is 8.12. The Bertz CT molecular complexity index is 668. The van der Waals surface area contributed by atoms with Crippen LogP contribution in [-0.4, -0.2) is 44.4 Å². The van der Waals surface area contributed by atoms with Crippen LogP contribution in [0.2, 0.25) is 0 Å². The average Bonchev–Trinajstić information content (AvgIpc) is 2.40. The van der Waals surface area contributed by atoms with E-state index in [0.29, 0.717) is 22.4 Å². The van der Waals surface area contributed by atoms with E-state index in [1.807, 2.05) is 0 Å². The molecule has 0 saturated heterocycles. The van der Waals surface area contributed by atoms with Crippen molar-refractivity contribution in [3.63, 3.8) is 0 Å². The van der Waals surface area contributed by atoms with Crippen molar-refractivity contribution in [2.24, 2.45) is 0 Å². The van der Waals surface area contributed by atoms with Gasteiger partial charge in [-0.1, -0.05) is 0 Å². The molecule has 1 atom stereocenters. The molecular formula is C14H21NO6S. The average molecular weight is 331 g/mol. The standard InChI is InChI=1S/C14H21NO6S/c1-8-5-12(21-4)9(2)10(3)14(8)22(19,20)15-7-11(16)6-13(17)18/h5,11,15-16H,6-7H2,1-4H3,(H,17,18). The predicted molar refractivity (Wildman–Crippen MR) is 80.7 cm³/mol. The van der Waals surface area contributed by atoms with Crippen molar-refractivity contribution in [1.29, 1.82) is 0 Å². The van der Waals surface area contributed by atoms with Crippen LogP contribution in [0.1, 0.15) is 23.1 Å². The van der Waals surface area contributed by atoms with E-state index in [1.165, 1.54) is 7.11 Å². The van der Waals surface area contributed by atoms with Gasteiger partial charge in [-0.2, -0.15) is 0 Å². The quantitative estimate of drug-likeness (QED) is 0.679. The number of aryl methyl sites for hydroxylation is 1. The fourth-order valence-electron chi connectivity index (χ4n) is 2.20. The lowest BCUT2D eigenvalue weighted by Crippen LogP contribution is -2.34. The minimum atomic E-state index is -3.86. The predicted octanol–water partition coefficient (Wildman–Crippen LogP) is 0.734. The van der Waals surface area contributed by atoms with Gasteiger partial charge in [0.2, 0.25) is 10.0 Å². The largest absolute Gasteiger partial charge is 0.496 e. The highest BCUT2D eigenvalue weighted by molar-refractivity contribution is 7.89. The molecule has 1 aromatic carbocycles. The first-order valence-electron chi connectivity index (χ1n) is 6.64. The summed E-state index contributed by atoms with van der Waals surface area (Å²) in [5, 5.41) is 18.0. The lowest BCUT2D eigenvalue weighted by molar-refractivity contribution is -0.139. The fraction of sp³-hybridized carbons (Fsp3) is 0.500. The molecule has 0 aliphatic rings. The van der Waals surface area contributed by atoms with Crippen molar-refractivity contribution in [2.45, 2.75) is 38.2 Å². The number of nitrogens with one attached hydrogen (secondary N) is 1. The topological polar surface area (TPSA) is 113 Å². The summed E-state index contributed by atoms with van der Waals surface area (Å²) in [6, 6.07) is 1.63. The second-order valence-corrected chi connectivity index (χ2v) is 6.78. The van der Waals surface area contributed by atoms with Gasteiger partial charge >= 0.3 is 5.97 Å². The number of ether oxygens (including phenoxy) is 1. The van der Waals surface area contributed by atoms with E-state index in [1.54, 1.807) is 26.8 Å². The second kappa shape index (κ2) is 7.08. The number of hydrogen-bond acceptors (Lipinski definition) is 5. The molecule has 7 nitrogen and oxygen atoms in total. The normalized spacial score (nSPS) is 13.0. The molecule has 124 valence electrons. The Morgan fingerprint density at radius 1 is 1.32 bits per heavy atom. The molecule has 0 radical (unpaired) electrons. The number of rotatable bonds is 7. The van der Waals surface area contributed by atoms with Crippen molar-refractivity contribution < 1.29 is 28.2 Å². The smallest absolute Gasteiger partial charge is 0.306 e. The fourth-order valence-corrected chi connectivity index (χ4v) is 3.79. The van der Waals surface area contributed by atoms with Gasteiger partial charge in [0.15, 0.2) is 0 Å². The Morgan fingerprint density at radius 2 is 1.91 bits per heavy atom. The summed E-state index contributed by atoms with van der Waals surface area (Å²) in [5.41, 5.74) is 1.77. The van der Waals surface area contributed by atoms with Crippen LogP contribution in [0.25, 0.3) is 0 Å². The second-order valence-electron chi connectivity index (χ2n) is 5.08. The molecule has 0 saturated carbocycles. The Hall–Kier alpha value is -1.64. The first kappa shape index (κ1) is 18.4. The van der Waals surface area contributed by atoms with Crippen LogP contribution < -0.4 is 9.46 Å². The van der Waals surface area contributed by atoms with Crippen LogP contribution >= 0.6 is 0 Å². The van der Waals surface area contributed by atoms with Gasteiger partial charge in [0.1, 0.15) is 5.75 Å². The summed E-state index contributed by atoms with van der Waals surface area (Å²) in [6.45, 7) is 4.72. The number of hydrogen-bond donors (Lipinski definition) is 3. The van der Waals surface area contributed by atoms with E-state index in [2.05, 4.69) is 4.72 Å². The van der Waals surface area contributed by atoms with E-state index < -0.39 is 28.5 Å². The highest BCUT2D eigenvalue weighted by atomic mass is 32.2. The number of benzene rings is 1. The van der Waals surface area contributed by atoms with Crippen LogP contribution in [0.3, 0.4) is 0 Å². The maximum atomic E-state index is 12.4. The van der Waals surface area contributed by atoms with Gasteiger partial charge in [0.25, 0.3) is 0 Å². The summed E-state index contributed by atoms with van der Waals surface area (Å²) in [5.74, 6) is -0.598. The number of aliphatic hydroxyl groups excluding tert-OH is 1. The maximum Gasteiger partial charge on any atom is 0.306 e. The lowest BCUT2D eigenvalue weighted by atomic mass is 10.1. The van der Waals surface area contributed by atoms with Crippen LogP contribution in [0.15, 0.2) is 11.0 Å². The number of aliphatic carboxylic acids is 1. The number of sulfonamides is 1. The Balaban J connectivity index is 3.09. The van der Waals surface area contributed by atoms with Crippen molar-refractivity contribution in [3.8, 4) is 5.75 Å². The highest BCUT2D eigenvalue weighted by Gasteiger charge is 2.23. The van der Waals surface area contributed by atoms with E-state index >= 15 is 0 Å². The van der Waals surface area contributed by atoms with Crippen LogP contribution in [-0.2, 0) is 14.8 Å². The molecular weight excluding hydrogens is 310 g/mol. The Labute approximate surface area is 130 Å². The van der Waals surface area contributed by atoms with Crippen molar-refractivity contribution in [3.05, 3.63) is 22.8 Å². The summed E-state index contributed by atoms with van der Waals surface area (Å²) < 4.78 is 32.3. The third-order valence-corrected chi connectivity index (χ3v) is 5.10. The monoisotopic (exact) mass is 331 g/mol. The number of carboxylic acid groups (broad SMARTS) is 1.